The van der Waals surface area contributed by atoms with Crippen molar-refractivity contribution < 1.29 is 4.74 Å². The highest BCUT2D eigenvalue weighted by molar-refractivity contribution is 7.99. The smallest absolute Gasteiger partial charge is 0.0615 e. The zero-order chi connectivity index (χ0) is 11.6. The van der Waals surface area contributed by atoms with Crippen molar-refractivity contribution in [3.8, 4) is 0 Å². The van der Waals surface area contributed by atoms with Crippen molar-refractivity contribution in [2.45, 2.75) is 23.8 Å². The van der Waals surface area contributed by atoms with Crippen LogP contribution in [-0.4, -0.2) is 32.6 Å². The number of likely N-dealkylation sites (N-methyl/N-ethyl adjacent to an activating group) is 1. The lowest BCUT2D eigenvalue weighted by molar-refractivity contribution is 0.166. The number of nitrogens with one attached hydrogen (secondary N) is 1. The van der Waals surface area contributed by atoms with E-state index in [-0.39, 0.29) is 0 Å². The number of rotatable bonds is 8. The van der Waals surface area contributed by atoms with Crippen LogP contribution in [0.15, 0.2) is 35.2 Å². The molecule has 0 saturated carbocycles. The lowest BCUT2D eigenvalue weighted by Gasteiger charge is -2.14. The average molecular weight is 239 g/mol. The molecule has 1 atom stereocenters. The summed E-state index contributed by atoms with van der Waals surface area (Å²) in [6.07, 6.45) is 2.39. The Kier molecular flexibility index (Phi) is 7.30. The first-order valence-corrected chi connectivity index (χ1v) is 6.69. The number of methoxy groups -OCH3 is 1. The summed E-state index contributed by atoms with van der Waals surface area (Å²) in [5, 5.41) is 3.27. The lowest BCUT2D eigenvalue weighted by atomic mass is 10.2. The Morgan fingerprint density at radius 2 is 2.06 bits per heavy atom. The van der Waals surface area contributed by atoms with Crippen molar-refractivity contribution in [2.24, 2.45) is 0 Å². The molecule has 0 fully saturated rings. The molecular weight excluding hydrogens is 218 g/mol. The first kappa shape index (κ1) is 13.6. The van der Waals surface area contributed by atoms with Gasteiger partial charge in [-0.25, -0.2) is 0 Å². The fraction of sp³-hybridized carbons (Fsp3) is 0.538. The number of hydrogen-bond donors (Lipinski definition) is 1. The van der Waals surface area contributed by atoms with E-state index in [9.17, 15) is 0 Å². The lowest BCUT2D eigenvalue weighted by Crippen LogP contribution is -2.29. The van der Waals surface area contributed by atoms with E-state index in [1.807, 2.05) is 18.8 Å². The summed E-state index contributed by atoms with van der Waals surface area (Å²) in [6.45, 7) is 0.798. The summed E-state index contributed by atoms with van der Waals surface area (Å²) in [6, 6.07) is 11.0. The van der Waals surface area contributed by atoms with Crippen molar-refractivity contribution in [1.29, 1.82) is 0 Å². The standard InChI is InChI=1S/C13H21NOS/c1-14-12(11-15-2)7-6-10-16-13-8-4-3-5-9-13/h3-5,8-9,12,14H,6-7,10-11H2,1-2H3. The first-order valence-electron chi connectivity index (χ1n) is 5.71. The monoisotopic (exact) mass is 239 g/mol. The zero-order valence-electron chi connectivity index (χ0n) is 10.1. The van der Waals surface area contributed by atoms with Gasteiger partial charge in [0.05, 0.1) is 6.61 Å². The van der Waals surface area contributed by atoms with Gasteiger partial charge >= 0.3 is 0 Å². The van der Waals surface area contributed by atoms with E-state index in [1.165, 1.54) is 23.5 Å². The minimum absolute atomic E-state index is 0.487. The molecule has 1 N–H and O–H groups in total. The van der Waals surface area contributed by atoms with Gasteiger partial charge in [-0.3, -0.25) is 0 Å². The van der Waals surface area contributed by atoms with Crippen LogP contribution in [0.4, 0.5) is 0 Å². The van der Waals surface area contributed by atoms with E-state index in [2.05, 4.69) is 35.6 Å². The number of thioether (sulfide) groups is 1. The van der Waals surface area contributed by atoms with Crippen molar-refractivity contribution >= 4 is 11.8 Å². The predicted octanol–water partition coefficient (Wildman–Crippen LogP) is 2.79. The second-order valence-electron chi connectivity index (χ2n) is 3.74. The van der Waals surface area contributed by atoms with Crippen LogP contribution in [0.1, 0.15) is 12.8 Å². The molecule has 3 heteroatoms. The Bertz CT molecular complexity index is 266. The fourth-order valence-electron chi connectivity index (χ4n) is 1.55. The van der Waals surface area contributed by atoms with E-state index < -0.39 is 0 Å². The van der Waals surface area contributed by atoms with Crippen LogP contribution in [0.2, 0.25) is 0 Å². The van der Waals surface area contributed by atoms with Gasteiger partial charge in [-0.1, -0.05) is 18.2 Å². The zero-order valence-corrected chi connectivity index (χ0v) is 10.9. The van der Waals surface area contributed by atoms with Crippen LogP contribution in [0, 0.1) is 0 Å². The van der Waals surface area contributed by atoms with E-state index in [0.29, 0.717) is 6.04 Å². The minimum Gasteiger partial charge on any atom is -0.383 e. The maximum atomic E-state index is 5.14. The highest BCUT2D eigenvalue weighted by Gasteiger charge is 2.04. The number of benzene rings is 1. The van der Waals surface area contributed by atoms with E-state index >= 15 is 0 Å². The minimum atomic E-state index is 0.487. The van der Waals surface area contributed by atoms with Gasteiger partial charge in [-0.05, 0) is 37.8 Å². The van der Waals surface area contributed by atoms with Gasteiger partial charge < -0.3 is 10.1 Å². The molecule has 1 rings (SSSR count). The molecule has 0 aliphatic rings. The molecule has 0 spiro atoms. The predicted molar refractivity (Wildman–Crippen MR) is 71.1 cm³/mol. The molecule has 1 unspecified atom stereocenters. The molecule has 0 bridgehead atoms. The summed E-state index contributed by atoms with van der Waals surface area (Å²) in [7, 11) is 3.75. The molecule has 1 aromatic carbocycles. The average Bonchev–Trinajstić information content (AvgIpc) is 2.34. The summed E-state index contributed by atoms with van der Waals surface area (Å²) in [4.78, 5) is 1.36. The van der Waals surface area contributed by atoms with Gasteiger partial charge in [-0.2, -0.15) is 0 Å². The summed E-state index contributed by atoms with van der Waals surface area (Å²) >= 11 is 1.92. The van der Waals surface area contributed by atoms with Crippen LogP contribution in [0.3, 0.4) is 0 Å². The van der Waals surface area contributed by atoms with Gasteiger partial charge in [0.25, 0.3) is 0 Å². The molecule has 0 radical (unpaired) electrons. The molecule has 2 nitrogen and oxygen atoms in total. The Morgan fingerprint density at radius 3 is 2.69 bits per heavy atom. The van der Waals surface area contributed by atoms with Gasteiger partial charge in [0.15, 0.2) is 0 Å². The Balaban J connectivity index is 2.11. The molecule has 0 aliphatic carbocycles. The Labute approximate surface area is 103 Å². The van der Waals surface area contributed by atoms with Crippen molar-refractivity contribution in [3.63, 3.8) is 0 Å². The maximum Gasteiger partial charge on any atom is 0.0615 e. The third-order valence-corrected chi connectivity index (χ3v) is 3.58. The molecule has 0 amide bonds. The molecule has 0 aromatic heterocycles. The van der Waals surface area contributed by atoms with E-state index in [0.717, 1.165) is 6.61 Å². The van der Waals surface area contributed by atoms with Crippen LogP contribution >= 0.6 is 11.8 Å². The largest absolute Gasteiger partial charge is 0.383 e. The van der Waals surface area contributed by atoms with Crippen LogP contribution in [0.5, 0.6) is 0 Å². The summed E-state index contributed by atoms with van der Waals surface area (Å²) in [5.41, 5.74) is 0. The topological polar surface area (TPSA) is 21.3 Å². The van der Waals surface area contributed by atoms with Crippen molar-refractivity contribution in [1.82, 2.24) is 5.32 Å². The molecule has 0 heterocycles. The van der Waals surface area contributed by atoms with Gasteiger partial charge in [-0.15, -0.1) is 11.8 Å². The second kappa shape index (κ2) is 8.62. The highest BCUT2D eigenvalue weighted by Crippen LogP contribution is 2.18. The molecule has 0 aliphatic heterocycles. The fourth-order valence-corrected chi connectivity index (χ4v) is 2.44. The normalized spacial score (nSPS) is 12.6. The summed E-state index contributed by atoms with van der Waals surface area (Å²) in [5.74, 6) is 1.17. The second-order valence-corrected chi connectivity index (χ2v) is 4.91. The van der Waals surface area contributed by atoms with Crippen molar-refractivity contribution in [3.05, 3.63) is 30.3 Å². The molecule has 90 valence electrons. The maximum absolute atomic E-state index is 5.14. The molecule has 1 aromatic rings. The quantitative estimate of drug-likeness (QED) is 0.557. The van der Waals surface area contributed by atoms with Crippen molar-refractivity contribution in [2.75, 3.05) is 26.5 Å². The molecular formula is C13H21NOS. The SMILES string of the molecule is CNC(CCCSc1ccccc1)COC. The third kappa shape index (κ3) is 5.54. The van der Waals surface area contributed by atoms with E-state index in [1.54, 1.807) is 7.11 Å². The Morgan fingerprint density at radius 1 is 1.31 bits per heavy atom. The van der Waals surface area contributed by atoms with Gasteiger partial charge in [0.1, 0.15) is 0 Å². The number of hydrogen-bond acceptors (Lipinski definition) is 3. The number of ether oxygens (including phenoxy) is 1. The van der Waals surface area contributed by atoms with E-state index in [4.69, 9.17) is 4.74 Å². The Hall–Kier alpha value is -0.510. The van der Waals surface area contributed by atoms with Crippen LogP contribution < -0.4 is 5.32 Å². The molecule has 0 saturated heterocycles. The first-order chi connectivity index (χ1) is 7.86. The van der Waals surface area contributed by atoms with Gasteiger partial charge in [0.2, 0.25) is 0 Å². The van der Waals surface area contributed by atoms with Gasteiger partial charge in [0, 0.05) is 18.0 Å². The van der Waals surface area contributed by atoms with Crippen LogP contribution in [0.25, 0.3) is 0 Å². The third-order valence-electron chi connectivity index (χ3n) is 2.48. The molecule has 16 heavy (non-hydrogen) atoms. The van der Waals surface area contributed by atoms with Crippen LogP contribution in [-0.2, 0) is 4.74 Å². The highest BCUT2D eigenvalue weighted by atomic mass is 32.2. The summed E-state index contributed by atoms with van der Waals surface area (Å²) < 4.78 is 5.14.